The molecule has 3 aliphatic rings. The molecule has 2 aromatic heterocycles. The van der Waals surface area contributed by atoms with Gasteiger partial charge >= 0.3 is 6.01 Å². The SMILES string of the molecule is C#Cc1c(F)ccc2cc(OCOC)cc(-c3ncc4c(N5CCC[C@@](C)(O)C5)nc(OC[C@@]56CCCN5[C@@H](CO)CC6)nc4c3F)c12. The van der Waals surface area contributed by atoms with Gasteiger partial charge in [-0.1, -0.05) is 12.0 Å². The standard InChI is InChI=1S/C36H39F2N5O5/c1-4-25-28(37)8-7-22-15-24(48-21-46-3)16-26(29(22)25)31-30(38)32-27(17-39-31)33(42-13-5-10-35(2,45)19-42)41-34(40-32)47-20-36-11-6-14-43(36)23(18-44)9-12-36/h1,7-8,15-17,23,44-45H,5-6,9-14,18-21H2,2-3H3/t23-,35-,36+/m1/s1. The first kappa shape index (κ1) is 32.4. The zero-order valence-electron chi connectivity index (χ0n) is 27.1. The van der Waals surface area contributed by atoms with Gasteiger partial charge in [-0.25, -0.2) is 8.78 Å². The molecule has 252 valence electrons. The number of aliphatic hydroxyl groups excluding tert-OH is 1. The van der Waals surface area contributed by atoms with Gasteiger partial charge in [0.05, 0.1) is 28.7 Å². The number of anilines is 1. The van der Waals surface area contributed by atoms with Crippen molar-refractivity contribution >= 4 is 27.5 Å². The molecular weight excluding hydrogens is 620 g/mol. The minimum atomic E-state index is -0.966. The lowest BCUT2D eigenvalue weighted by atomic mass is 9.94. The van der Waals surface area contributed by atoms with Gasteiger partial charge in [0.25, 0.3) is 0 Å². The second kappa shape index (κ2) is 12.7. The number of terminal acetylenes is 1. The maximum atomic E-state index is 17.0. The summed E-state index contributed by atoms with van der Waals surface area (Å²) in [7, 11) is 1.48. The van der Waals surface area contributed by atoms with Crippen LogP contribution in [0.4, 0.5) is 14.6 Å². The zero-order valence-corrected chi connectivity index (χ0v) is 27.1. The number of methoxy groups -OCH3 is 1. The number of hydrogen-bond acceptors (Lipinski definition) is 10. The van der Waals surface area contributed by atoms with Crippen molar-refractivity contribution in [2.45, 2.75) is 62.6 Å². The van der Waals surface area contributed by atoms with Crippen molar-refractivity contribution in [1.29, 1.82) is 0 Å². The minimum absolute atomic E-state index is 0.00448. The van der Waals surface area contributed by atoms with Gasteiger partial charge in [0.1, 0.15) is 35.2 Å². The van der Waals surface area contributed by atoms with Gasteiger partial charge < -0.3 is 29.3 Å². The highest BCUT2D eigenvalue weighted by Crippen LogP contribution is 2.43. The summed E-state index contributed by atoms with van der Waals surface area (Å²) >= 11 is 0. The third kappa shape index (κ3) is 5.68. The Morgan fingerprint density at radius 2 is 1.94 bits per heavy atom. The topological polar surface area (TPSA) is 113 Å². The van der Waals surface area contributed by atoms with Gasteiger partial charge in [0.15, 0.2) is 12.6 Å². The molecule has 3 fully saturated rings. The number of fused-ring (bicyclic) bond motifs is 3. The summed E-state index contributed by atoms with van der Waals surface area (Å²) < 4.78 is 49.1. The number of aliphatic hydroxyl groups is 2. The summed E-state index contributed by atoms with van der Waals surface area (Å²) in [5.41, 5.74) is -1.13. The van der Waals surface area contributed by atoms with E-state index in [1.165, 1.54) is 19.4 Å². The zero-order chi connectivity index (χ0) is 33.6. The van der Waals surface area contributed by atoms with Crippen LogP contribution in [0.5, 0.6) is 11.8 Å². The second-order valence-electron chi connectivity index (χ2n) is 13.4. The number of benzene rings is 2. The van der Waals surface area contributed by atoms with E-state index >= 15 is 8.78 Å². The van der Waals surface area contributed by atoms with Crippen molar-refractivity contribution in [1.82, 2.24) is 19.9 Å². The third-order valence-corrected chi connectivity index (χ3v) is 10.1. The van der Waals surface area contributed by atoms with Gasteiger partial charge in [0, 0.05) is 43.4 Å². The normalized spacial score (nSPS) is 24.3. The average molecular weight is 660 g/mol. The summed E-state index contributed by atoms with van der Waals surface area (Å²) in [4.78, 5) is 18.2. The molecule has 0 spiro atoms. The summed E-state index contributed by atoms with van der Waals surface area (Å²) in [5, 5.41) is 22.1. The van der Waals surface area contributed by atoms with Gasteiger partial charge in [-0.15, -0.1) is 6.42 Å². The number of piperidine rings is 1. The van der Waals surface area contributed by atoms with Crippen molar-refractivity contribution in [2.75, 3.05) is 51.7 Å². The van der Waals surface area contributed by atoms with Crippen molar-refractivity contribution < 1.29 is 33.2 Å². The summed E-state index contributed by atoms with van der Waals surface area (Å²) in [6.45, 7) is 3.85. The molecule has 0 amide bonds. The molecule has 2 aromatic carbocycles. The fourth-order valence-corrected chi connectivity index (χ4v) is 7.87. The van der Waals surface area contributed by atoms with E-state index < -0.39 is 17.2 Å². The predicted octanol–water partition coefficient (Wildman–Crippen LogP) is 4.81. The van der Waals surface area contributed by atoms with Crippen LogP contribution in [0.15, 0.2) is 30.5 Å². The van der Waals surface area contributed by atoms with Gasteiger partial charge in [-0.05, 0) is 75.6 Å². The van der Waals surface area contributed by atoms with E-state index in [1.54, 1.807) is 25.1 Å². The predicted molar refractivity (Wildman–Crippen MR) is 177 cm³/mol. The Morgan fingerprint density at radius 3 is 2.71 bits per heavy atom. The maximum absolute atomic E-state index is 17.0. The summed E-state index contributed by atoms with van der Waals surface area (Å²) in [6, 6.07) is 6.15. The molecular formula is C36H39F2N5O5. The fourth-order valence-electron chi connectivity index (χ4n) is 7.87. The van der Waals surface area contributed by atoms with Crippen LogP contribution < -0.4 is 14.4 Å². The van der Waals surface area contributed by atoms with E-state index in [1.807, 2.05) is 4.90 Å². The number of halogens is 2. The van der Waals surface area contributed by atoms with Crippen molar-refractivity contribution in [3.8, 4) is 35.4 Å². The quantitative estimate of drug-likeness (QED) is 0.192. The van der Waals surface area contributed by atoms with Crippen LogP contribution in [-0.4, -0.2) is 94.0 Å². The largest absolute Gasteiger partial charge is 0.468 e. The van der Waals surface area contributed by atoms with E-state index in [9.17, 15) is 10.2 Å². The Hall–Kier alpha value is -4.15. The van der Waals surface area contributed by atoms with Crippen LogP contribution in [-0.2, 0) is 4.74 Å². The highest BCUT2D eigenvalue weighted by molar-refractivity contribution is 6.03. The maximum Gasteiger partial charge on any atom is 0.319 e. The highest BCUT2D eigenvalue weighted by Gasteiger charge is 2.49. The van der Waals surface area contributed by atoms with Crippen LogP contribution in [0.2, 0.25) is 0 Å². The lowest BCUT2D eigenvalue weighted by molar-refractivity contribution is 0.0446. The van der Waals surface area contributed by atoms with Crippen LogP contribution in [0.25, 0.3) is 32.9 Å². The lowest BCUT2D eigenvalue weighted by Crippen LogP contribution is -2.47. The third-order valence-electron chi connectivity index (χ3n) is 10.1. The first-order chi connectivity index (χ1) is 23.2. The first-order valence-corrected chi connectivity index (χ1v) is 16.4. The number of aromatic nitrogens is 3. The van der Waals surface area contributed by atoms with E-state index in [4.69, 9.17) is 25.6 Å². The van der Waals surface area contributed by atoms with Crippen LogP contribution in [0, 0.1) is 24.0 Å². The molecule has 0 aliphatic carbocycles. The molecule has 4 aromatic rings. The summed E-state index contributed by atoms with van der Waals surface area (Å²) in [5.74, 6) is 1.80. The van der Waals surface area contributed by atoms with Gasteiger partial charge in [0.2, 0.25) is 0 Å². The minimum Gasteiger partial charge on any atom is -0.468 e. The molecule has 0 saturated carbocycles. The van der Waals surface area contributed by atoms with Crippen molar-refractivity contribution in [3.63, 3.8) is 0 Å². The molecule has 3 saturated heterocycles. The van der Waals surface area contributed by atoms with Crippen LogP contribution in [0.1, 0.15) is 51.0 Å². The molecule has 48 heavy (non-hydrogen) atoms. The summed E-state index contributed by atoms with van der Waals surface area (Å²) in [6.07, 6.45) is 12.3. The average Bonchev–Trinajstić information content (AvgIpc) is 3.65. The Labute approximate surface area is 277 Å². The number of ether oxygens (including phenoxy) is 3. The van der Waals surface area contributed by atoms with Gasteiger partial charge in [-0.3, -0.25) is 9.88 Å². The molecule has 2 N–H and O–H groups in total. The van der Waals surface area contributed by atoms with Gasteiger partial charge in [-0.2, -0.15) is 9.97 Å². The monoisotopic (exact) mass is 659 g/mol. The molecule has 0 bridgehead atoms. The number of β-amino-alcohol motifs (C(OH)–C–C–N with tert-alkyl or cyclic N) is 1. The molecule has 3 aliphatic heterocycles. The molecule has 3 atom stereocenters. The van der Waals surface area contributed by atoms with E-state index in [-0.39, 0.29) is 59.9 Å². The first-order valence-electron chi connectivity index (χ1n) is 16.4. The van der Waals surface area contributed by atoms with Crippen molar-refractivity contribution in [3.05, 3.63) is 47.7 Å². The molecule has 0 radical (unpaired) electrons. The molecule has 7 rings (SSSR count). The van der Waals surface area contributed by atoms with E-state index in [2.05, 4.69) is 20.8 Å². The molecule has 5 heterocycles. The van der Waals surface area contributed by atoms with Crippen LogP contribution in [0.3, 0.4) is 0 Å². The van der Waals surface area contributed by atoms with E-state index in [0.717, 1.165) is 32.2 Å². The van der Waals surface area contributed by atoms with Crippen molar-refractivity contribution in [2.24, 2.45) is 0 Å². The number of hydrogen-bond donors (Lipinski definition) is 2. The lowest BCUT2D eigenvalue weighted by Gasteiger charge is -2.38. The molecule has 12 heteroatoms. The Morgan fingerprint density at radius 1 is 1.10 bits per heavy atom. The Balaban J connectivity index is 1.38. The second-order valence-corrected chi connectivity index (χ2v) is 13.4. The number of pyridine rings is 1. The Kier molecular flexibility index (Phi) is 8.58. The fraction of sp³-hybridized carbons (Fsp3) is 0.472. The van der Waals surface area contributed by atoms with Crippen LogP contribution >= 0.6 is 0 Å². The van der Waals surface area contributed by atoms with E-state index in [0.29, 0.717) is 53.7 Å². The number of nitrogens with zero attached hydrogens (tertiary/aromatic N) is 5. The Bertz CT molecular complexity index is 1920. The smallest absolute Gasteiger partial charge is 0.319 e. The number of rotatable bonds is 9. The molecule has 0 unspecified atom stereocenters. The molecule has 10 nitrogen and oxygen atoms in total. The highest BCUT2D eigenvalue weighted by atomic mass is 19.1.